The van der Waals surface area contributed by atoms with Gasteiger partial charge in [-0.3, -0.25) is 0 Å². The minimum atomic E-state index is -4.09. The van der Waals surface area contributed by atoms with Crippen molar-refractivity contribution in [3.63, 3.8) is 0 Å². The fourth-order valence-corrected chi connectivity index (χ4v) is 3.15. The molecule has 3 nitrogen and oxygen atoms in total. The van der Waals surface area contributed by atoms with Crippen LogP contribution in [-0.4, -0.2) is 21.8 Å². The van der Waals surface area contributed by atoms with Gasteiger partial charge in [-0.1, -0.05) is 12.8 Å². The molecule has 1 aromatic heterocycles. The molecule has 2 atom stereocenters. The first-order valence-electron chi connectivity index (χ1n) is 7.36. The van der Waals surface area contributed by atoms with Gasteiger partial charge in [0.2, 0.25) is 0 Å². The van der Waals surface area contributed by atoms with E-state index in [0.29, 0.717) is 25.4 Å². The lowest BCUT2D eigenvalue weighted by molar-refractivity contribution is -0.189. The van der Waals surface area contributed by atoms with Crippen molar-refractivity contribution >= 4 is 0 Å². The third kappa shape index (κ3) is 3.00. The molecule has 0 radical (unpaired) electrons. The van der Waals surface area contributed by atoms with E-state index in [1.165, 1.54) is 0 Å². The summed E-state index contributed by atoms with van der Waals surface area (Å²) in [7, 11) is 0. The van der Waals surface area contributed by atoms with Gasteiger partial charge >= 0.3 is 6.18 Å². The Morgan fingerprint density at radius 3 is 2.65 bits per heavy atom. The van der Waals surface area contributed by atoms with Crippen molar-refractivity contribution < 1.29 is 13.2 Å². The molecule has 1 heterocycles. The molecule has 2 aliphatic carbocycles. The molecule has 0 aromatic carbocycles. The molecule has 20 heavy (non-hydrogen) atoms. The summed E-state index contributed by atoms with van der Waals surface area (Å²) >= 11 is 0. The number of nitrogens with one attached hydrogen (secondary N) is 1. The number of rotatable bonds is 4. The first-order chi connectivity index (χ1) is 9.55. The van der Waals surface area contributed by atoms with Crippen LogP contribution in [0.1, 0.15) is 50.3 Å². The SMILES string of the molecule is FC(F)(F)C1CCCCC1NCc1cncn1C1CC1. The number of hydrogen-bond donors (Lipinski definition) is 1. The van der Waals surface area contributed by atoms with Gasteiger partial charge in [0.05, 0.1) is 17.9 Å². The largest absolute Gasteiger partial charge is 0.393 e. The molecule has 0 amide bonds. The van der Waals surface area contributed by atoms with Crippen LogP contribution in [0.4, 0.5) is 13.2 Å². The first kappa shape index (κ1) is 13.9. The molecule has 2 saturated carbocycles. The summed E-state index contributed by atoms with van der Waals surface area (Å²) in [5, 5.41) is 3.12. The predicted molar refractivity (Wildman–Crippen MR) is 69.1 cm³/mol. The number of nitrogens with zero attached hydrogens (tertiary/aromatic N) is 2. The van der Waals surface area contributed by atoms with Gasteiger partial charge in [-0.15, -0.1) is 0 Å². The molecule has 0 bridgehead atoms. The quantitative estimate of drug-likeness (QED) is 0.919. The Hall–Kier alpha value is -1.04. The lowest BCUT2D eigenvalue weighted by Gasteiger charge is -2.33. The Balaban J connectivity index is 1.62. The Kier molecular flexibility index (Phi) is 3.75. The van der Waals surface area contributed by atoms with Gasteiger partial charge in [-0.25, -0.2) is 4.98 Å². The van der Waals surface area contributed by atoms with Crippen LogP contribution < -0.4 is 5.32 Å². The van der Waals surface area contributed by atoms with Gasteiger partial charge in [0, 0.05) is 24.8 Å². The maximum atomic E-state index is 13.0. The Bertz CT molecular complexity index is 451. The van der Waals surface area contributed by atoms with Crippen molar-refractivity contribution in [3.05, 3.63) is 18.2 Å². The number of aromatic nitrogens is 2. The van der Waals surface area contributed by atoms with Crippen molar-refractivity contribution in [2.45, 2.75) is 63.3 Å². The number of imidazole rings is 1. The van der Waals surface area contributed by atoms with E-state index in [-0.39, 0.29) is 6.42 Å². The minimum absolute atomic E-state index is 0.253. The minimum Gasteiger partial charge on any atom is -0.330 e. The second kappa shape index (κ2) is 5.39. The van der Waals surface area contributed by atoms with Crippen LogP contribution in [0.15, 0.2) is 12.5 Å². The molecule has 0 saturated heterocycles. The van der Waals surface area contributed by atoms with Gasteiger partial charge in [0.15, 0.2) is 0 Å². The van der Waals surface area contributed by atoms with Crippen LogP contribution in [0.25, 0.3) is 0 Å². The number of alkyl halides is 3. The van der Waals surface area contributed by atoms with Crippen molar-refractivity contribution in [2.75, 3.05) is 0 Å². The van der Waals surface area contributed by atoms with Crippen molar-refractivity contribution in [1.29, 1.82) is 0 Å². The zero-order valence-corrected chi connectivity index (χ0v) is 11.4. The number of hydrogen-bond acceptors (Lipinski definition) is 2. The summed E-state index contributed by atoms with van der Waals surface area (Å²) in [6, 6.07) is 0.0605. The lowest BCUT2D eigenvalue weighted by Crippen LogP contribution is -2.45. The van der Waals surface area contributed by atoms with Crippen LogP contribution in [0.3, 0.4) is 0 Å². The first-order valence-corrected chi connectivity index (χ1v) is 7.36. The molecule has 1 N–H and O–H groups in total. The van der Waals surface area contributed by atoms with Crippen LogP contribution in [0, 0.1) is 5.92 Å². The fraction of sp³-hybridized carbons (Fsp3) is 0.786. The highest BCUT2D eigenvalue weighted by molar-refractivity contribution is 5.04. The van der Waals surface area contributed by atoms with Crippen molar-refractivity contribution in [3.8, 4) is 0 Å². The third-order valence-electron chi connectivity index (χ3n) is 4.42. The average molecular weight is 287 g/mol. The van der Waals surface area contributed by atoms with E-state index < -0.39 is 18.1 Å². The molecule has 3 rings (SSSR count). The normalized spacial score (nSPS) is 27.8. The van der Waals surface area contributed by atoms with Crippen LogP contribution in [0.2, 0.25) is 0 Å². The third-order valence-corrected chi connectivity index (χ3v) is 4.42. The molecule has 2 fully saturated rings. The lowest BCUT2D eigenvalue weighted by atomic mass is 9.84. The van der Waals surface area contributed by atoms with Gasteiger partial charge in [0.1, 0.15) is 0 Å². The second-order valence-electron chi connectivity index (χ2n) is 5.94. The summed E-state index contributed by atoms with van der Waals surface area (Å²) in [6.07, 6.45) is 4.19. The standard InChI is InChI=1S/C14H20F3N3/c15-14(16,17)12-3-1-2-4-13(12)19-8-11-7-18-9-20(11)10-5-6-10/h7,9-10,12-13,19H,1-6,8H2. The van der Waals surface area contributed by atoms with Crippen LogP contribution in [0.5, 0.6) is 0 Å². The highest BCUT2D eigenvalue weighted by Crippen LogP contribution is 2.38. The molecular formula is C14H20F3N3. The Labute approximate surface area is 116 Å². The maximum absolute atomic E-state index is 13.0. The van der Waals surface area contributed by atoms with E-state index in [1.807, 2.05) is 0 Å². The summed E-state index contributed by atoms with van der Waals surface area (Å²) in [6.45, 7) is 0.480. The Morgan fingerprint density at radius 1 is 1.20 bits per heavy atom. The van der Waals surface area contributed by atoms with Gasteiger partial charge in [0.25, 0.3) is 0 Å². The molecule has 112 valence electrons. The topological polar surface area (TPSA) is 29.9 Å². The van der Waals surface area contributed by atoms with Gasteiger partial charge in [-0.05, 0) is 25.7 Å². The summed E-state index contributed by atoms with van der Waals surface area (Å²) in [4.78, 5) is 4.12. The van der Waals surface area contributed by atoms with Crippen LogP contribution in [-0.2, 0) is 6.54 Å². The summed E-state index contributed by atoms with van der Waals surface area (Å²) < 4.78 is 41.1. The van der Waals surface area contributed by atoms with E-state index >= 15 is 0 Å². The maximum Gasteiger partial charge on any atom is 0.393 e. The zero-order chi connectivity index (χ0) is 14.2. The van der Waals surface area contributed by atoms with Gasteiger partial charge in [-0.2, -0.15) is 13.2 Å². The van der Waals surface area contributed by atoms with E-state index in [1.54, 1.807) is 12.5 Å². The van der Waals surface area contributed by atoms with Gasteiger partial charge < -0.3 is 9.88 Å². The fourth-order valence-electron chi connectivity index (χ4n) is 3.15. The summed E-state index contributed by atoms with van der Waals surface area (Å²) in [5.41, 5.74) is 0.999. The predicted octanol–water partition coefficient (Wildman–Crippen LogP) is 3.43. The molecule has 2 unspecified atom stereocenters. The highest BCUT2D eigenvalue weighted by atomic mass is 19.4. The monoisotopic (exact) mass is 287 g/mol. The van der Waals surface area contributed by atoms with Crippen molar-refractivity contribution in [1.82, 2.24) is 14.9 Å². The van der Waals surface area contributed by atoms with Crippen molar-refractivity contribution in [2.24, 2.45) is 5.92 Å². The number of halogens is 3. The second-order valence-corrected chi connectivity index (χ2v) is 5.94. The summed E-state index contributed by atoms with van der Waals surface area (Å²) in [5.74, 6) is -1.20. The average Bonchev–Trinajstić information content (AvgIpc) is 3.15. The molecule has 2 aliphatic rings. The molecule has 6 heteroatoms. The Morgan fingerprint density at radius 2 is 1.95 bits per heavy atom. The molecule has 0 spiro atoms. The van der Waals surface area contributed by atoms with E-state index in [0.717, 1.165) is 25.0 Å². The molecule has 0 aliphatic heterocycles. The van der Waals surface area contributed by atoms with E-state index in [9.17, 15) is 13.2 Å². The molecule has 1 aromatic rings. The highest BCUT2D eigenvalue weighted by Gasteiger charge is 2.45. The van der Waals surface area contributed by atoms with E-state index in [4.69, 9.17) is 0 Å². The molecular weight excluding hydrogens is 267 g/mol. The van der Waals surface area contributed by atoms with E-state index in [2.05, 4.69) is 14.9 Å². The smallest absolute Gasteiger partial charge is 0.330 e. The zero-order valence-electron chi connectivity index (χ0n) is 11.4. The van der Waals surface area contributed by atoms with Crippen LogP contribution >= 0.6 is 0 Å².